The lowest BCUT2D eigenvalue weighted by molar-refractivity contribution is -0.0195. The predicted octanol–water partition coefficient (Wildman–Crippen LogP) is 3.04. The maximum Gasteiger partial charge on any atom is 0.0673 e. The molecule has 4 bridgehead atoms. The Kier molecular flexibility index (Phi) is 3.15. The van der Waals surface area contributed by atoms with Crippen molar-refractivity contribution in [2.24, 2.45) is 17.8 Å². The van der Waals surface area contributed by atoms with Gasteiger partial charge in [-0.3, -0.25) is 5.32 Å². The number of hydrogen-bond acceptors (Lipinski definition) is 4. The summed E-state index contributed by atoms with van der Waals surface area (Å²) in [6.45, 7) is 1.20. The normalized spacial score (nSPS) is 56.4. The first kappa shape index (κ1) is 13.1. The van der Waals surface area contributed by atoms with Gasteiger partial charge in [-0.15, -0.1) is 23.5 Å². The lowest BCUT2D eigenvalue weighted by Crippen LogP contribution is -2.60. The van der Waals surface area contributed by atoms with Crippen LogP contribution in [-0.2, 0) is 0 Å². The van der Waals surface area contributed by atoms with Crippen molar-refractivity contribution in [3.8, 4) is 0 Å². The molecular weight excluding hydrogens is 284 g/mol. The highest BCUT2D eigenvalue weighted by Crippen LogP contribution is 2.55. The minimum Gasteiger partial charge on any atom is -0.309 e. The highest BCUT2D eigenvalue weighted by Gasteiger charge is 2.51. The summed E-state index contributed by atoms with van der Waals surface area (Å²) >= 11 is 4.37. The fourth-order valence-electron chi connectivity index (χ4n) is 6.04. The predicted molar refractivity (Wildman–Crippen MR) is 88.1 cm³/mol. The second-order valence-corrected chi connectivity index (χ2v) is 10.9. The van der Waals surface area contributed by atoms with Gasteiger partial charge in [0.2, 0.25) is 0 Å². The molecule has 0 aromatic carbocycles. The molecular formula is C16H26N2S2. The van der Waals surface area contributed by atoms with E-state index in [2.05, 4.69) is 34.2 Å². The van der Waals surface area contributed by atoms with Gasteiger partial charge >= 0.3 is 0 Å². The van der Waals surface area contributed by atoms with Gasteiger partial charge in [-0.05, 0) is 68.5 Å². The van der Waals surface area contributed by atoms with E-state index in [1.54, 1.807) is 19.3 Å². The van der Waals surface area contributed by atoms with Crippen molar-refractivity contribution in [1.82, 2.24) is 10.6 Å². The molecule has 4 heteroatoms. The second-order valence-electron chi connectivity index (χ2n) is 8.00. The molecule has 2 nitrogen and oxygen atoms in total. The zero-order valence-electron chi connectivity index (χ0n) is 12.1. The summed E-state index contributed by atoms with van der Waals surface area (Å²) < 4.78 is 0.846. The molecule has 2 saturated heterocycles. The van der Waals surface area contributed by atoms with Gasteiger partial charge in [-0.25, -0.2) is 0 Å². The fraction of sp³-hybridized carbons (Fsp3) is 1.00. The minimum atomic E-state index is 0.543. The molecule has 4 aliphatic carbocycles. The molecule has 4 saturated carbocycles. The Bertz CT molecular complexity index is 353. The highest BCUT2D eigenvalue weighted by atomic mass is 32.2. The number of thioether (sulfide) groups is 2. The standard InChI is InChI=1S/C16H26N2S2/c1-2-19-15-13(1)18-14(20-15)9-17-16-6-10-3-11(7-16)5-12(4-10)8-16/h10-15,17-18H,1-9H2. The molecule has 2 heterocycles. The van der Waals surface area contributed by atoms with E-state index < -0.39 is 0 Å². The van der Waals surface area contributed by atoms with Crippen LogP contribution in [0.25, 0.3) is 0 Å². The van der Waals surface area contributed by atoms with Crippen LogP contribution in [-0.4, -0.2) is 33.8 Å². The lowest BCUT2D eigenvalue weighted by atomic mass is 9.53. The van der Waals surface area contributed by atoms with Crippen LogP contribution in [0.5, 0.6) is 0 Å². The zero-order valence-corrected chi connectivity index (χ0v) is 13.8. The van der Waals surface area contributed by atoms with E-state index in [1.165, 1.54) is 38.0 Å². The minimum absolute atomic E-state index is 0.543. The van der Waals surface area contributed by atoms with Crippen LogP contribution in [0.15, 0.2) is 0 Å². The molecule has 0 aromatic heterocycles. The van der Waals surface area contributed by atoms with Gasteiger partial charge in [0.25, 0.3) is 0 Å². The van der Waals surface area contributed by atoms with Crippen molar-refractivity contribution in [3.05, 3.63) is 0 Å². The molecule has 6 aliphatic rings. The molecule has 20 heavy (non-hydrogen) atoms. The molecule has 0 radical (unpaired) electrons. The van der Waals surface area contributed by atoms with E-state index in [0.29, 0.717) is 10.9 Å². The summed E-state index contributed by atoms with van der Waals surface area (Å²) in [5.74, 6) is 4.55. The fourth-order valence-corrected chi connectivity index (χ4v) is 9.28. The molecule has 0 aromatic rings. The molecule has 6 rings (SSSR count). The van der Waals surface area contributed by atoms with Crippen LogP contribution in [0.4, 0.5) is 0 Å². The van der Waals surface area contributed by atoms with Crippen LogP contribution in [0.3, 0.4) is 0 Å². The summed E-state index contributed by atoms with van der Waals surface area (Å²) in [6.07, 6.45) is 10.5. The van der Waals surface area contributed by atoms with E-state index in [1.807, 2.05) is 0 Å². The van der Waals surface area contributed by atoms with Crippen molar-refractivity contribution < 1.29 is 0 Å². The summed E-state index contributed by atoms with van der Waals surface area (Å²) in [7, 11) is 0. The van der Waals surface area contributed by atoms with E-state index in [9.17, 15) is 0 Å². The van der Waals surface area contributed by atoms with Crippen LogP contribution in [0, 0.1) is 17.8 Å². The molecule has 6 fully saturated rings. The Morgan fingerprint density at radius 2 is 1.75 bits per heavy atom. The maximum absolute atomic E-state index is 4.07. The Hall–Kier alpha value is 0.620. The van der Waals surface area contributed by atoms with Crippen LogP contribution >= 0.6 is 23.5 Å². The quantitative estimate of drug-likeness (QED) is 0.837. The van der Waals surface area contributed by atoms with Crippen LogP contribution in [0.2, 0.25) is 0 Å². The van der Waals surface area contributed by atoms with Gasteiger partial charge in [-0.1, -0.05) is 0 Å². The molecule has 112 valence electrons. The maximum atomic E-state index is 4.07. The Labute approximate surface area is 131 Å². The number of hydrogen-bond donors (Lipinski definition) is 2. The Morgan fingerprint density at radius 3 is 2.40 bits per heavy atom. The topological polar surface area (TPSA) is 24.1 Å². The monoisotopic (exact) mass is 310 g/mol. The third-order valence-corrected chi connectivity index (χ3v) is 9.54. The van der Waals surface area contributed by atoms with Gasteiger partial charge < -0.3 is 5.32 Å². The largest absolute Gasteiger partial charge is 0.309 e. The van der Waals surface area contributed by atoms with Crippen molar-refractivity contribution in [2.45, 2.75) is 66.5 Å². The third kappa shape index (κ3) is 2.17. The van der Waals surface area contributed by atoms with Gasteiger partial charge in [0, 0.05) is 18.1 Å². The molecule has 2 aliphatic heterocycles. The number of nitrogens with one attached hydrogen (secondary N) is 2. The van der Waals surface area contributed by atoms with Crippen molar-refractivity contribution in [3.63, 3.8) is 0 Å². The van der Waals surface area contributed by atoms with Crippen LogP contribution < -0.4 is 10.6 Å². The molecule has 3 atom stereocenters. The second kappa shape index (κ2) is 4.81. The van der Waals surface area contributed by atoms with Crippen LogP contribution in [0.1, 0.15) is 44.9 Å². The Morgan fingerprint density at radius 1 is 1.05 bits per heavy atom. The number of rotatable bonds is 3. The average molecular weight is 311 g/mol. The Balaban J connectivity index is 1.22. The lowest BCUT2D eigenvalue weighted by Gasteiger charge is -2.57. The zero-order chi connectivity index (χ0) is 13.2. The highest BCUT2D eigenvalue weighted by molar-refractivity contribution is 8.17. The first-order chi connectivity index (χ1) is 9.78. The molecule has 0 spiro atoms. The first-order valence-electron chi connectivity index (χ1n) is 8.56. The summed E-state index contributed by atoms with van der Waals surface area (Å²) in [6, 6.07) is 0.799. The van der Waals surface area contributed by atoms with Crippen molar-refractivity contribution in [1.29, 1.82) is 0 Å². The van der Waals surface area contributed by atoms with Gasteiger partial charge in [-0.2, -0.15) is 0 Å². The van der Waals surface area contributed by atoms with Gasteiger partial charge in [0.1, 0.15) is 0 Å². The third-order valence-electron chi connectivity index (χ3n) is 6.44. The molecule has 3 unspecified atom stereocenters. The van der Waals surface area contributed by atoms with E-state index in [4.69, 9.17) is 0 Å². The van der Waals surface area contributed by atoms with E-state index in [-0.39, 0.29) is 0 Å². The summed E-state index contributed by atoms with van der Waals surface area (Å²) in [5.41, 5.74) is 0.543. The molecule has 0 amide bonds. The van der Waals surface area contributed by atoms with Crippen molar-refractivity contribution in [2.75, 3.05) is 12.3 Å². The number of fused-ring (bicyclic) bond motifs is 1. The van der Waals surface area contributed by atoms with Crippen molar-refractivity contribution >= 4 is 23.5 Å². The average Bonchev–Trinajstić information content (AvgIpc) is 2.95. The smallest absolute Gasteiger partial charge is 0.0673 e. The SMILES string of the molecule is C1CC2NC(CNC34CC5CC(CC(C5)C3)C4)SC2S1. The van der Waals surface area contributed by atoms with Gasteiger partial charge in [0.05, 0.1) is 9.96 Å². The molecule has 2 N–H and O–H groups in total. The van der Waals surface area contributed by atoms with E-state index >= 15 is 0 Å². The summed E-state index contributed by atoms with van der Waals surface area (Å²) in [5, 5.41) is 8.60. The van der Waals surface area contributed by atoms with E-state index in [0.717, 1.165) is 28.4 Å². The summed E-state index contributed by atoms with van der Waals surface area (Å²) in [4.78, 5) is 0. The first-order valence-corrected chi connectivity index (χ1v) is 10.6. The van der Waals surface area contributed by atoms with Gasteiger partial charge in [0.15, 0.2) is 0 Å².